The third kappa shape index (κ3) is 3.41. The first-order chi connectivity index (χ1) is 11.2. The second-order valence-corrected chi connectivity index (χ2v) is 5.60. The van der Waals surface area contributed by atoms with Crippen molar-refractivity contribution in [2.75, 3.05) is 11.4 Å². The van der Waals surface area contributed by atoms with Crippen LogP contribution in [0.15, 0.2) is 54.6 Å². The number of likely N-dealkylation sites (N-methyl/N-ethyl adjacent to an activating group) is 1. The number of nitrogens with zero attached hydrogens (tertiary/aromatic N) is 1. The number of amides is 1. The lowest BCUT2D eigenvalue weighted by atomic mass is 10.0. The standard InChI is InChI=1S/C18H20FN3O/c1-2-22(15-10-8-14(19)9-11-15)18(23)17-12-16(20-21-17)13-6-4-3-5-7-13/h3-11,16-17,20-21H,2,12H2,1H3. The topological polar surface area (TPSA) is 44.4 Å². The Labute approximate surface area is 135 Å². The van der Waals surface area contributed by atoms with Gasteiger partial charge in [-0.1, -0.05) is 30.3 Å². The predicted molar refractivity (Wildman–Crippen MR) is 88.3 cm³/mol. The average Bonchev–Trinajstić information content (AvgIpc) is 3.08. The van der Waals surface area contributed by atoms with Crippen molar-refractivity contribution in [3.63, 3.8) is 0 Å². The van der Waals surface area contributed by atoms with Crippen LogP contribution in [0.3, 0.4) is 0 Å². The molecule has 1 saturated heterocycles. The Hall–Kier alpha value is -2.24. The monoisotopic (exact) mass is 313 g/mol. The Kier molecular flexibility index (Phi) is 4.69. The lowest BCUT2D eigenvalue weighted by Gasteiger charge is -2.24. The molecule has 0 saturated carbocycles. The molecular weight excluding hydrogens is 293 g/mol. The van der Waals surface area contributed by atoms with E-state index in [4.69, 9.17) is 0 Å². The summed E-state index contributed by atoms with van der Waals surface area (Å²) in [5.41, 5.74) is 8.14. The molecular formula is C18H20FN3O. The van der Waals surface area contributed by atoms with Gasteiger partial charge in [-0.15, -0.1) is 0 Å². The van der Waals surface area contributed by atoms with Crippen LogP contribution >= 0.6 is 0 Å². The van der Waals surface area contributed by atoms with Crippen molar-refractivity contribution in [1.29, 1.82) is 0 Å². The number of nitrogens with one attached hydrogen (secondary N) is 2. The van der Waals surface area contributed by atoms with Crippen LogP contribution in [0.2, 0.25) is 0 Å². The Morgan fingerprint density at radius 2 is 1.83 bits per heavy atom. The SMILES string of the molecule is CCN(C(=O)C1CC(c2ccccc2)NN1)c1ccc(F)cc1. The molecule has 0 aromatic heterocycles. The van der Waals surface area contributed by atoms with Gasteiger partial charge in [-0.2, -0.15) is 0 Å². The summed E-state index contributed by atoms with van der Waals surface area (Å²) in [6.45, 7) is 2.46. The Morgan fingerprint density at radius 3 is 2.48 bits per heavy atom. The van der Waals surface area contributed by atoms with Gasteiger partial charge in [0.15, 0.2) is 0 Å². The minimum Gasteiger partial charge on any atom is -0.311 e. The fraction of sp³-hybridized carbons (Fsp3) is 0.278. The van der Waals surface area contributed by atoms with E-state index in [1.165, 1.54) is 12.1 Å². The van der Waals surface area contributed by atoms with E-state index >= 15 is 0 Å². The summed E-state index contributed by atoms with van der Waals surface area (Å²) in [6, 6.07) is 15.9. The minimum absolute atomic E-state index is 0.00922. The van der Waals surface area contributed by atoms with Crippen molar-refractivity contribution >= 4 is 11.6 Å². The van der Waals surface area contributed by atoms with Crippen molar-refractivity contribution < 1.29 is 9.18 Å². The summed E-state index contributed by atoms with van der Waals surface area (Å²) in [5, 5.41) is 0. The highest BCUT2D eigenvalue weighted by molar-refractivity contribution is 5.97. The van der Waals surface area contributed by atoms with Crippen molar-refractivity contribution in [2.24, 2.45) is 0 Å². The Balaban J connectivity index is 1.71. The van der Waals surface area contributed by atoms with E-state index in [0.717, 1.165) is 5.56 Å². The van der Waals surface area contributed by atoms with Gasteiger partial charge in [-0.25, -0.2) is 15.2 Å². The average molecular weight is 313 g/mol. The van der Waals surface area contributed by atoms with Crippen molar-refractivity contribution in [3.05, 3.63) is 66.0 Å². The summed E-state index contributed by atoms with van der Waals surface area (Å²) in [7, 11) is 0. The molecule has 0 aliphatic carbocycles. The number of benzene rings is 2. The molecule has 2 N–H and O–H groups in total. The van der Waals surface area contributed by atoms with Gasteiger partial charge in [-0.05, 0) is 43.2 Å². The second-order valence-electron chi connectivity index (χ2n) is 5.60. The maximum absolute atomic E-state index is 13.1. The molecule has 1 fully saturated rings. The van der Waals surface area contributed by atoms with E-state index < -0.39 is 0 Å². The highest BCUT2D eigenvalue weighted by Crippen LogP contribution is 2.24. The second kappa shape index (κ2) is 6.89. The molecule has 120 valence electrons. The van der Waals surface area contributed by atoms with Crippen LogP contribution in [0, 0.1) is 5.82 Å². The van der Waals surface area contributed by atoms with Crippen molar-refractivity contribution in [3.8, 4) is 0 Å². The molecule has 4 nitrogen and oxygen atoms in total. The van der Waals surface area contributed by atoms with Crippen LogP contribution in [-0.4, -0.2) is 18.5 Å². The Morgan fingerprint density at radius 1 is 1.13 bits per heavy atom. The molecule has 2 aromatic carbocycles. The number of anilines is 1. The van der Waals surface area contributed by atoms with E-state index in [0.29, 0.717) is 18.7 Å². The zero-order chi connectivity index (χ0) is 16.2. The summed E-state index contributed by atoms with van der Waals surface area (Å²) < 4.78 is 13.1. The summed E-state index contributed by atoms with van der Waals surface area (Å²) >= 11 is 0. The predicted octanol–water partition coefficient (Wildman–Crippen LogP) is 2.79. The van der Waals surface area contributed by atoms with Crippen molar-refractivity contribution in [1.82, 2.24) is 10.9 Å². The van der Waals surface area contributed by atoms with Gasteiger partial charge >= 0.3 is 0 Å². The molecule has 1 amide bonds. The van der Waals surface area contributed by atoms with E-state index in [1.54, 1.807) is 17.0 Å². The van der Waals surface area contributed by atoms with Crippen LogP contribution in [0.25, 0.3) is 0 Å². The van der Waals surface area contributed by atoms with Crippen LogP contribution in [0.1, 0.15) is 24.9 Å². The number of rotatable bonds is 4. The van der Waals surface area contributed by atoms with E-state index in [2.05, 4.69) is 10.9 Å². The summed E-state index contributed by atoms with van der Waals surface area (Å²) in [5.74, 6) is -0.313. The number of halogens is 1. The van der Waals surface area contributed by atoms with Gasteiger partial charge < -0.3 is 4.90 Å². The molecule has 23 heavy (non-hydrogen) atoms. The lowest BCUT2D eigenvalue weighted by molar-refractivity contribution is -0.120. The molecule has 0 radical (unpaired) electrons. The molecule has 0 bridgehead atoms. The fourth-order valence-electron chi connectivity index (χ4n) is 2.90. The fourth-order valence-corrected chi connectivity index (χ4v) is 2.90. The van der Waals surface area contributed by atoms with Gasteiger partial charge in [0.1, 0.15) is 11.9 Å². The lowest BCUT2D eigenvalue weighted by Crippen LogP contribution is -2.45. The quantitative estimate of drug-likeness (QED) is 0.912. The van der Waals surface area contributed by atoms with Crippen LogP contribution in [0.4, 0.5) is 10.1 Å². The molecule has 2 unspecified atom stereocenters. The number of carbonyl (C=O) groups excluding carboxylic acids is 1. The highest BCUT2D eigenvalue weighted by Gasteiger charge is 2.32. The number of carbonyl (C=O) groups is 1. The third-order valence-electron chi connectivity index (χ3n) is 4.12. The number of hydrogen-bond acceptors (Lipinski definition) is 3. The largest absolute Gasteiger partial charge is 0.311 e. The van der Waals surface area contributed by atoms with Crippen LogP contribution in [0.5, 0.6) is 0 Å². The molecule has 1 aliphatic heterocycles. The first kappa shape index (κ1) is 15.6. The molecule has 0 spiro atoms. The number of hydrogen-bond donors (Lipinski definition) is 2. The van der Waals surface area contributed by atoms with E-state index in [1.807, 2.05) is 37.3 Å². The molecule has 2 aromatic rings. The molecule has 1 heterocycles. The molecule has 1 aliphatic rings. The Bertz CT molecular complexity index is 660. The van der Waals surface area contributed by atoms with Crippen LogP contribution in [-0.2, 0) is 4.79 Å². The molecule has 2 atom stereocenters. The zero-order valence-electron chi connectivity index (χ0n) is 13.0. The van der Waals surface area contributed by atoms with Gasteiger partial charge in [0, 0.05) is 18.3 Å². The van der Waals surface area contributed by atoms with Gasteiger partial charge in [-0.3, -0.25) is 4.79 Å². The van der Waals surface area contributed by atoms with Crippen LogP contribution < -0.4 is 15.8 Å². The van der Waals surface area contributed by atoms with Gasteiger partial charge in [0.05, 0.1) is 0 Å². The third-order valence-corrected chi connectivity index (χ3v) is 4.12. The van der Waals surface area contributed by atoms with E-state index in [-0.39, 0.29) is 23.8 Å². The molecule has 3 rings (SSSR count). The first-order valence-electron chi connectivity index (χ1n) is 7.82. The summed E-state index contributed by atoms with van der Waals surface area (Å²) in [4.78, 5) is 14.4. The maximum Gasteiger partial charge on any atom is 0.245 e. The number of hydrazine groups is 1. The highest BCUT2D eigenvalue weighted by atomic mass is 19.1. The summed E-state index contributed by atoms with van der Waals surface area (Å²) in [6.07, 6.45) is 0.681. The normalized spacial score (nSPS) is 20.4. The van der Waals surface area contributed by atoms with E-state index in [9.17, 15) is 9.18 Å². The van der Waals surface area contributed by atoms with Crippen molar-refractivity contribution in [2.45, 2.75) is 25.4 Å². The maximum atomic E-state index is 13.1. The minimum atomic E-state index is -0.304. The molecule has 5 heteroatoms. The van der Waals surface area contributed by atoms with Gasteiger partial charge in [0.25, 0.3) is 0 Å². The smallest absolute Gasteiger partial charge is 0.245 e. The zero-order valence-corrected chi connectivity index (χ0v) is 13.0. The van der Waals surface area contributed by atoms with Gasteiger partial charge in [0.2, 0.25) is 5.91 Å². The first-order valence-corrected chi connectivity index (χ1v) is 7.82.